The number of alkyl halides is 3. The Hall–Kier alpha value is -2.36. The van der Waals surface area contributed by atoms with Crippen LogP contribution >= 0.6 is 22.6 Å². The van der Waals surface area contributed by atoms with Gasteiger partial charge in [-0.1, -0.05) is 12.1 Å². The smallest absolute Gasteiger partial charge is 0.206 e. The molecule has 0 fully saturated rings. The molecule has 0 bridgehead atoms. The van der Waals surface area contributed by atoms with Gasteiger partial charge in [0.1, 0.15) is 23.3 Å². The molecule has 3 aromatic rings. The average molecular weight is 550 g/mol. The highest BCUT2D eigenvalue weighted by molar-refractivity contribution is 14.1. The van der Waals surface area contributed by atoms with Crippen molar-refractivity contribution in [1.29, 1.82) is 0 Å². The van der Waals surface area contributed by atoms with Crippen LogP contribution in [0.3, 0.4) is 0 Å². The minimum Gasteiger partial charge on any atom is -0.206 e. The van der Waals surface area contributed by atoms with Gasteiger partial charge in [-0.05, 0) is 94.6 Å². The summed E-state index contributed by atoms with van der Waals surface area (Å²) in [5.74, 6) is -4.76. The van der Waals surface area contributed by atoms with Gasteiger partial charge in [0.25, 0.3) is 0 Å². The van der Waals surface area contributed by atoms with Gasteiger partial charge in [-0.15, -0.1) is 0 Å². The van der Waals surface area contributed by atoms with Crippen molar-refractivity contribution in [3.8, 4) is 11.1 Å². The zero-order chi connectivity index (χ0) is 22.8. The van der Waals surface area contributed by atoms with Crippen LogP contribution in [0.4, 0.5) is 30.7 Å². The quantitative estimate of drug-likeness (QED) is 0.224. The Bertz CT molecular complexity index is 1070. The monoisotopic (exact) mass is 550 g/mol. The molecule has 0 spiro atoms. The molecule has 0 nitrogen and oxygen atoms in total. The minimum absolute atomic E-state index is 0.231. The van der Waals surface area contributed by atoms with Crippen molar-refractivity contribution in [2.24, 2.45) is 0 Å². The number of hydrogen-bond acceptors (Lipinski definition) is 0. The maximum absolute atomic E-state index is 14.6. The molecule has 0 atom stereocenters. The summed E-state index contributed by atoms with van der Waals surface area (Å²) in [6.45, 7) is 0. The van der Waals surface area contributed by atoms with Crippen LogP contribution in [0.5, 0.6) is 0 Å². The van der Waals surface area contributed by atoms with Gasteiger partial charge in [-0.3, -0.25) is 0 Å². The van der Waals surface area contributed by atoms with Gasteiger partial charge in [0, 0.05) is 15.2 Å². The Kier molecular flexibility index (Phi) is 7.08. The SMILES string of the molecule is Fc1cc(-c2c(F)cc(CCc3ccc(I)cc3)cc2F)cc(F)c1/C=C/C(F)(F)F. The molecule has 0 amide bonds. The fourth-order valence-corrected chi connectivity index (χ4v) is 3.41. The van der Waals surface area contributed by atoms with Gasteiger partial charge in [-0.25, -0.2) is 17.6 Å². The van der Waals surface area contributed by atoms with Gasteiger partial charge < -0.3 is 0 Å². The summed E-state index contributed by atoms with van der Waals surface area (Å²) in [7, 11) is 0. The lowest BCUT2D eigenvalue weighted by molar-refractivity contribution is -0.0790. The van der Waals surface area contributed by atoms with E-state index in [4.69, 9.17) is 0 Å². The topological polar surface area (TPSA) is 0 Å². The summed E-state index contributed by atoms with van der Waals surface area (Å²) >= 11 is 2.16. The minimum atomic E-state index is -4.76. The maximum Gasteiger partial charge on any atom is 0.409 e. The van der Waals surface area contributed by atoms with Crippen molar-refractivity contribution in [2.75, 3.05) is 0 Å². The molecule has 3 aromatic carbocycles. The van der Waals surface area contributed by atoms with Crippen molar-refractivity contribution >= 4 is 28.7 Å². The van der Waals surface area contributed by atoms with Crippen LogP contribution in [0.2, 0.25) is 0 Å². The third-order valence-electron chi connectivity index (χ3n) is 4.52. The molecule has 8 heteroatoms. The second-order valence-electron chi connectivity index (χ2n) is 6.79. The lowest BCUT2D eigenvalue weighted by Gasteiger charge is -2.11. The van der Waals surface area contributed by atoms with E-state index >= 15 is 0 Å². The molecule has 0 radical (unpaired) electrons. The van der Waals surface area contributed by atoms with E-state index in [1.165, 1.54) is 0 Å². The molecule has 0 aliphatic carbocycles. The van der Waals surface area contributed by atoms with Crippen LogP contribution in [0, 0.1) is 26.8 Å². The molecule has 162 valence electrons. The first kappa shape index (κ1) is 23.3. The Morgan fingerprint density at radius 3 is 1.74 bits per heavy atom. The fourth-order valence-electron chi connectivity index (χ4n) is 3.05. The Morgan fingerprint density at radius 2 is 1.23 bits per heavy atom. The largest absolute Gasteiger partial charge is 0.409 e. The molecule has 0 aromatic heterocycles. The Labute approximate surface area is 187 Å². The molecule has 31 heavy (non-hydrogen) atoms. The third kappa shape index (κ3) is 6.09. The standard InChI is InChI=1S/C23H14F7I/c24-18-11-15(12-19(25)17(18)7-8-23(28,29)30)22-20(26)9-14(10-21(22)27)2-1-13-3-5-16(31)6-4-13/h3-12H,1-2H2/b8-7+. The van der Waals surface area contributed by atoms with Crippen molar-refractivity contribution in [3.63, 3.8) is 0 Å². The summed E-state index contributed by atoms with van der Waals surface area (Å²) in [6, 6.07) is 11.0. The number of benzene rings is 3. The zero-order valence-electron chi connectivity index (χ0n) is 15.7. The predicted molar refractivity (Wildman–Crippen MR) is 113 cm³/mol. The first-order chi connectivity index (χ1) is 14.5. The number of aryl methyl sites for hydroxylation is 2. The van der Waals surface area contributed by atoms with Crippen LogP contribution in [0.15, 0.2) is 54.6 Å². The van der Waals surface area contributed by atoms with Crippen LogP contribution in [0.25, 0.3) is 17.2 Å². The van der Waals surface area contributed by atoms with Crippen molar-refractivity contribution < 1.29 is 30.7 Å². The van der Waals surface area contributed by atoms with E-state index in [2.05, 4.69) is 22.6 Å². The molecule has 0 unspecified atom stereocenters. The summed E-state index contributed by atoms with van der Waals surface area (Å²) in [5.41, 5.74) is -0.698. The predicted octanol–water partition coefficient (Wildman–Crippen LogP) is 7.88. The van der Waals surface area contributed by atoms with E-state index in [0.29, 0.717) is 30.5 Å². The molecule has 0 saturated carbocycles. The first-order valence-electron chi connectivity index (χ1n) is 9.01. The normalized spacial score (nSPS) is 12.0. The zero-order valence-corrected chi connectivity index (χ0v) is 17.9. The van der Waals surface area contributed by atoms with E-state index in [0.717, 1.165) is 21.3 Å². The summed E-state index contributed by atoms with van der Waals surface area (Å²) in [6.07, 6.45) is -3.96. The second-order valence-corrected chi connectivity index (χ2v) is 8.04. The average Bonchev–Trinajstić information content (AvgIpc) is 2.65. The lowest BCUT2D eigenvalue weighted by Crippen LogP contribution is -2.02. The lowest BCUT2D eigenvalue weighted by atomic mass is 9.97. The van der Waals surface area contributed by atoms with Crippen molar-refractivity contribution in [3.05, 3.63) is 98.1 Å². The highest BCUT2D eigenvalue weighted by atomic mass is 127. The van der Waals surface area contributed by atoms with E-state index < -0.39 is 46.1 Å². The van der Waals surface area contributed by atoms with Gasteiger partial charge in [0.2, 0.25) is 0 Å². The molecule has 0 aliphatic rings. The third-order valence-corrected chi connectivity index (χ3v) is 5.24. The fraction of sp³-hybridized carbons (Fsp3) is 0.130. The molecular formula is C23H14F7I. The van der Waals surface area contributed by atoms with E-state index in [-0.39, 0.29) is 12.2 Å². The van der Waals surface area contributed by atoms with Gasteiger partial charge in [0.05, 0.1) is 5.56 Å². The summed E-state index contributed by atoms with van der Waals surface area (Å²) in [5, 5.41) is 0. The molecule has 0 saturated heterocycles. The van der Waals surface area contributed by atoms with Gasteiger partial charge in [-0.2, -0.15) is 13.2 Å². The van der Waals surface area contributed by atoms with E-state index in [9.17, 15) is 30.7 Å². The van der Waals surface area contributed by atoms with E-state index in [1.807, 2.05) is 24.3 Å². The van der Waals surface area contributed by atoms with E-state index in [1.54, 1.807) is 0 Å². The Morgan fingerprint density at radius 1 is 0.710 bits per heavy atom. The maximum atomic E-state index is 14.6. The Balaban J connectivity index is 1.87. The molecular weight excluding hydrogens is 536 g/mol. The highest BCUT2D eigenvalue weighted by Gasteiger charge is 2.23. The van der Waals surface area contributed by atoms with Crippen LogP contribution in [-0.2, 0) is 12.8 Å². The number of allylic oxidation sites excluding steroid dienone is 1. The molecule has 3 rings (SSSR count). The molecule has 0 N–H and O–H groups in total. The highest BCUT2D eigenvalue weighted by Crippen LogP contribution is 2.31. The van der Waals surface area contributed by atoms with Crippen LogP contribution < -0.4 is 0 Å². The second kappa shape index (κ2) is 9.42. The number of hydrogen-bond donors (Lipinski definition) is 0. The van der Waals surface area contributed by atoms with Crippen LogP contribution in [-0.4, -0.2) is 6.18 Å². The number of rotatable bonds is 5. The van der Waals surface area contributed by atoms with Crippen molar-refractivity contribution in [1.82, 2.24) is 0 Å². The van der Waals surface area contributed by atoms with Gasteiger partial charge >= 0.3 is 6.18 Å². The van der Waals surface area contributed by atoms with Gasteiger partial charge in [0.15, 0.2) is 0 Å². The molecule has 0 aliphatic heterocycles. The van der Waals surface area contributed by atoms with Crippen molar-refractivity contribution in [2.45, 2.75) is 19.0 Å². The van der Waals surface area contributed by atoms with Crippen LogP contribution in [0.1, 0.15) is 16.7 Å². The summed E-state index contributed by atoms with van der Waals surface area (Å²) < 4.78 is 95.3. The summed E-state index contributed by atoms with van der Waals surface area (Å²) in [4.78, 5) is 0. The first-order valence-corrected chi connectivity index (χ1v) is 10.1. The number of halogens is 8. The molecule has 0 heterocycles.